The molecule has 1 heterocycles. The van der Waals surface area contributed by atoms with Crippen molar-refractivity contribution in [3.63, 3.8) is 0 Å². The number of nitrogens with one attached hydrogen (secondary N) is 1. The number of nitrogens with two attached hydrogens (primary N) is 1. The summed E-state index contributed by atoms with van der Waals surface area (Å²) in [5, 5.41) is 9.51. The number of carboxylic acids is 1. The van der Waals surface area contributed by atoms with Gasteiger partial charge in [0.1, 0.15) is 0 Å². The van der Waals surface area contributed by atoms with Crippen LogP contribution < -0.4 is 15.8 Å². The van der Waals surface area contributed by atoms with Crippen LogP contribution in [0.5, 0.6) is 0 Å². The second-order valence-electron chi connectivity index (χ2n) is 2.44. The molecule has 0 radical (unpaired) electrons. The molecule has 0 saturated heterocycles. The maximum Gasteiger partial charge on any atom is 0.249 e. The van der Waals surface area contributed by atoms with E-state index >= 15 is 0 Å². The predicted octanol–water partition coefficient (Wildman–Crippen LogP) is -0.294. The van der Waals surface area contributed by atoms with Gasteiger partial charge in [0, 0.05) is 12.1 Å². The van der Waals surface area contributed by atoms with Crippen molar-refractivity contribution in [1.29, 1.82) is 0 Å². The van der Waals surface area contributed by atoms with E-state index in [1.54, 1.807) is 24.5 Å². The molecule has 3 N–H and O–H groups in total. The molecule has 0 saturated carbocycles. The molecule has 0 aliphatic carbocycles. The number of aromatic nitrogens is 1. The first-order valence-electron chi connectivity index (χ1n) is 3.79. The topological polar surface area (TPSA) is 97.4 Å². The normalized spacial score (nSPS) is 9.94. The molecule has 1 aromatic rings. The largest absolute Gasteiger partial charge is 0.545 e. The molecule has 16 heavy (non-hydrogen) atoms. The van der Waals surface area contributed by atoms with Crippen LogP contribution in [0.15, 0.2) is 24.5 Å². The molecule has 1 aromatic heterocycles. The highest BCUT2D eigenvalue weighted by Gasteiger charge is 2.20. The average Bonchev–Trinajstić information content (AvgIpc) is 2.18. The van der Waals surface area contributed by atoms with E-state index in [0.717, 1.165) is 0 Å². The number of alkyl halides is 3. The molecule has 88 valence electrons. The van der Waals surface area contributed by atoms with Gasteiger partial charge in [-0.2, -0.15) is 0 Å². The van der Waals surface area contributed by atoms with Crippen molar-refractivity contribution in [3.8, 4) is 0 Å². The molecule has 0 fully saturated rings. The summed E-state index contributed by atoms with van der Waals surface area (Å²) in [6.07, 6.45) is 3.31. The Hall–Kier alpha value is -1.04. The summed E-state index contributed by atoms with van der Waals surface area (Å²) in [5.41, 5.74) is 5.48. The third-order valence-corrected chi connectivity index (χ3v) is 1.70. The molecule has 8 heteroatoms. The first kappa shape index (κ1) is 15.0. The van der Waals surface area contributed by atoms with Crippen LogP contribution in [0.1, 0.15) is 10.4 Å². The first-order chi connectivity index (χ1) is 7.25. The zero-order valence-electron chi connectivity index (χ0n) is 7.75. The molecule has 1 rings (SSSR count). The van der Waals surface area contributed by atoms with Crippen molar-refractivity contribution in [3.05, 3.63) is 30.1 Å². The highest BCUT2D eigenvalue weighted by atomic mass is 35.6. The van der Waals surface area contributed by atoms with Crippen molar-refractivity contribution in [2.45, 2.75) is 3.79 Å². The smallest absolute Gasteiger partial charge is 0.249 e. The number of rotatable bonds is 1. The van der Waals surface area contributed by atoms with Gasteiger partial charge in [0.25, 0.3) is 0 Å². The zero-order chi connectivity index (χ0) is 12.8. The number of carbonyl (C=O) groups is 2. The summed E-state index contributed by atoms with van der Waals surface area (Å²) in [6.45, 7) is 0. The molecule has 0 atom stereocenters. The summed E-state index contributed by atoms with van der Waals surface area (Å²) in [7, 11) is 0. The fourth-order valence-electron chi connectivity index (χ4n) is 0.551. The van der Waals surface area contributed by atoms with Gasteiger partial charge >= 0.3 is 0 Å². The summed E-state index contributed by atoms with van der Waals surface area (Å²) >= 11 is 14.2. The number of aliphatic carboxylic acids is 1. The number of H-pyrrole nitrogens is 1. The molecule has 0 bridgehead atoms. The lowest BCUT2D eigenvalue weighted by Gasteiger charge is -2.09. The molecule has 0 spiro atoms. The van der Waals surface area contributed by atoms with Gasteiger partial charge in [-0.1, -0.05) is 34.8 Å². The van der Waals surface area contributed by atoms with E-state index < -0.39 is 15.7 Å². The van der Waals surface area contributed by atoms with Crippen LogP contribution in [0, 0.1) is 0 Å². The number of amides is 1. The SMILES string of the molecule is NC(=O)c1cc[nH+]cc1.O=C([O-])C(Cl)(Cl)Cl. The third kappa shape index (κ3) is 6.44. The van der Waals surface area contributed by atoms with Crippen molar-refractivity contribution in [2.24, 2.45) is 5.73 Å². The summed E-state index contributed by atoms with van der Waals surface area (Å²) in [4.78, 5) is 22.7. The molecule has 0 aromatic carbocycles. The Kier molecular flexibility index (Phi) is 6.10. The van der Waals surface area contributed by atoms with Crippen molar-refractivity contribution in [1.82, 2.24) is 0 Å². The summed E-state index contributed by atoms with van der Waals surface area (Å²) in [5.74, 6) is -2.11. The first-order valence-corrected chi connectivity index (χ1v) is 4.92. The van der Waals surface area contributed by atoms with Crippen molar-refractivity contribution >= 4 is 46.7 Å². The van der Waals surface area contributed by atoms with Crippen LogP contribution in [0.25, 0.3) is 0 Å². The molecule has 1 amide bonds. The van der Waals surface area contributed by atoms with E-state index in [0.29, 0.717) is 5.56 Å². The number of primary amides is 1. The lowest BCUT2D eigenvalue weighted by molar-refractivity contribution is -0.378. The highest BCUT2D eigenvalue weighted by molar-refractivity contribution is 6.75. The van der Waals surface area contributed by atoms with Crippen LogP contribution in [-0.4, -0.2) is 15.7 Å². The number of carbonyl (C=O) groups excluding carboxylic acids is 2. The minimum Gasteiger partial charge on any atom is -0.545 e. The minimum atomic E-state index is -2.28. The Morgan fingerprint density at radius 3 is 1.81 bits per heavy atom. The van der Waals surface area contributed by atoms with Crippen LogP contribution in [0.4, 0.5) is 0 Å². The van der Waals surface area contributed by atoms with Gasteiger partial charge < -0.3 is 15.6 Å². The fourth-order valence-corrected chi connectivity index (χ4v) is 0.551. The fraction of sp³-hybridized carbons (Fsp3) is 0.125. The number of aromatic amines is 1. The van der Waals surface area contributed by atoms with Crippen LogP contribution in [-0.2, 0) is 4.79 Å². The molecule has 0 aliphatic rings. The van der Waals surface area contributed by atoms with Crippen molar-refractivity contribution in [2.75, 3.05) is 0 Å². The van der Waals surface area contributed by atoms with Gasteiger partial charge in [-0.05, 0) is 0 Å². The minimum absolute atomic E-state index is 0.399. The van der Waals surface area contributed by atoms with Gasteiger partial charge in [0.15, 0.2) is 12.4 Å². The Balaban J connectivity index is 0.000000293. The third-order valence-electron chi connectivity index (χ3n) is 1.23. The van der Waals surface area contributed by atoms with Gasteiger partial charge in [-0.15, -0.1) is 0 Å². The molecule has 0 aliphatic heterocycles. The van der Waals surface area contributed by atoms with E-state index in [4.69, 9.17) is 40.5 Å². The molecule has 5 nitrogen and oxygen atoms in total. The monoisotopic (exact) mass is 284 g/mol. The summed E-state index contributed by atoms with van der Waals surface area (Å²) < 4.78 is -2.28. The Morgan fingerprint density at radius 2 is 1.62 bits per heavy atom. The second kappa shape index (κ2) is 6.52. The molecular weight excluding hydrogens is 278 g/mol. The molecule has 0 unspecified atom stereocenters. The van der Waals surface area contributed by atoms with Gasteiger partial charge in [-0.3, -0.25) is 4.79 Å². The number of hydrogen-bond acceptors (Lipinski definition) is 3. The van der Waals surface area contributed by atoms with Crippen molar-refractivity contribution < 1.29 is 19.7 Å². The Bertz CT molecular complexity index is 365. The average molecular weight is 286 g/mol. The number of pyridine rings is 1. The number of hydrogen-bond donors (Lipinski definition) is 1. The standard InChI is InChI=1S/C6H6N2O.C2HCl3O2/c7-6(9)5-1-3-8-4-2-5;3-2(4,5)1(6)7/h1-4H,(H2,7,9);(H,6,7). The number of halogens is 3. The lowest BCUT2D eigenvalue weighted by atomic mass is 10.3. The van der Waals surface area contributed by atoms with Gasteiger partial charge in [-0.25, -0.2) is 4.98 Å². The zero-order valence-corrected chi connectivity index (χ0v) is 10.0. The number of carboxylic acid groups (broad SMARTS) is 1. The lowest BCUT2D eigenvalue weighted by Crippen LogP contribution is -2.35. The van der Waals surface area contributed by atoms with E-state index in [2.05, 4.69) is 4.98 Å². The quantitative estimate of drug-likeness (QED) is 0.718. The Labute approximate surface area is 106 Å². The van der Waals surface area contributed by atoms with Gasteiger partial charge in [0.05, 0.1) is 11.5 Å². The van der Waals surface area contributed by atoms with Crippen LogP contribution in [0.2, 0.25) is 0 Å². The van der Waals surface area contributed by atoms with Crippen LogP contribution >= 0.6 is 34.8 Å². The van der Waals surface area contributed by atoms with E-state index in [9.17, 15) is 14.7 Å². The second-order valence-corrected chi connectivity index (χ2v) is 4.72. The summed E-state index contributed by atoms with van der Waals surface area (Å²) in [6, 6.07) is 3.25. The van der Waals surface area contributed by atoms with E-state index in [1.165, 1.54) is 0 Å². The Morgan fingerprint density at radius 1 is 1.25 bits per heavy atom. The maximum absolute atomic E-state index is 10.4. The highest BCUT2D eigenvalue weighted by Crippen LogP contribution is 2.24. The van der Waals surface area contributed by atoms with Crippen LogP contribution in [0.3, 0.4) is 0 Å². The molecular formula is C8H7Cl3N2O3. The van der Waals surface area contributed by atoms with E-state index in [-0.39, 0.29) is 0 Å². The van der Waals surface area contributed by atoms with Gasteiger partial charge in [0.2, 0.25) is 9.70 Å². The van der Waals surface area contributed by atoms with E-state index in [1.807, 2.05) is 0 Å². The predicted molar refractivity (Wildman–Crippen MR) is 56.8 cm³/mol. The maximum atomic E-state index is 10.4.